The van der Waals surface area contributed by atoms with Crippen LogP contribution in [0.1, 0.15) is 43.1 Å². The lowest BCUT2D eigenvalue weighted by Crippen LogP contribution is -2.54. The molecule has 2 unspecified atom stereocenters. The second-order valence-electron chi connectivity index (χ2n) is 9.79. The average molecular weight is 473 g/mol. The van der Waals surface area contributed by atoms with Crippen LogP contribution in [-0.2, 0) is 14.3 Å². The maximum atomic E-state index is 14.0. The zero-order valence-electron chi connectivity index (χ0n) is 19.6. The fourth-order valence-corrected chi connectivity index (χ4v) is 5.87. The number of amides is 2. The van der Waals surface area contributed by atoms with Crippen molar-refractivity contribution in [2.45, 2.75) is 43.8 Å². The molecule has 35 heavy (non-hydrogen) atoms. The van der Waals surface area contributed by atoms with Gasteiger partial charge < -0.3 is 24.7 Å². The molecule has 2 aliphatic heterocycles. The largest absolute Gasteiger partial charge is 0.453 e. The number of piperidine rings is 1. The third-order valence-corrected chi connectivity index (χ3v) is 7.80. The number of H-pyrrole nitrogens is 1. The van der Waals surface area contributed by atoms with E-state index in [0.29, 0.717) is 19.1 Å². The number of alkyl carbamates (subject to hydrolysis) is 1. The van der Waals surface area contributed by atoms with Crippen molar-refractivity contribution in [3.05, 3.63) is 41.7 Å². The van der Waals surface area contributed by atoms with Crippen LogP contribution >= 0.6 is 0 Å². The summed E-state index contributed by atoms with van der Waals surface area (Å²) in [6.45, 7) is 1.18. The molecule has 3 heterocycles. The first-order chi connectivity index (χ1) is 17.1. The molecule has 2 aromatic carbocycles. The molecule has 0 radical (unpaired) electrons. The highest BCUT2D eigenvalue weighted by molar-refractivity contribution is 6.04. The first-order valence-corrected chi connectivity index (χ1v) is 12.2. The van der Waals surface area contributed by atoms with E-state index in [-0.39, 0.29) is 23.9 Å². The number of likely N-dealkylation sites (tertiary alicyclic amines) is 1. The standard InChI is InChI=1S/C27H28N4O4/c1-3-15-4-6-19-17(12-15)5-7-20-24(19)29-25(28-20)22-14-18-13-21(18)31(22)26(32)23(30-27(33)34-2)16-8-10-35-11-9-16/h1,4-7,12,16,18,21-23H,8-11,13-14H2,2H3,(H,28,29)(H,30,33)/t18?,21?,22-,23-/m0/s1. The number of hydrogen-bond acceptors (Lipinski definition) is 5. The highest BCUT2D eigenvalue weighted by atomic mass is 16.5. The number of methoxy groups -OCH3 is 1. The summed E-state index contributed by atoms with van der Waals surface area (Å²) in [5.41, 5.74) is 2.65. The lowest BCUT2D eigenvalue weighted by atomic mass is 9.90. The van der Waals surface area contributed by atoms with Crippen LogP contribution in [0.2, 0.25) is 0 Å². The molecule has 2 amide bonds. The Labute approximate surface area is 203 Å². The van der Waals surface area contributed by atoms with Crippen molar-refractivity contribution >= 4 is 33.8 Å². The molecular formula is C27H28N4O4. The Kier molecular flexibility index (Phi) is 5.37. The van der Waals surface area contributed by atoms with Crippen LogP contribution in [0.25, 0.3) is 21.8 Å². The van der Waals surface area contributed by atoms with Gasteiger partial charge >= 0.3 is 6.09 Å². The van der Waals surface area contributed by atoms with Crippen LogP contribution < -0.4 is 5.32 Å². The first-order valence-electron chi connectivity index (χ1n) is 12.2. The number of fused-ring (bicyclic) bond motifs is 4. The molecule has 6 rings (SSSR count). The third-order valence-electron chi connectivity index (χ3n) is 7.80. The van der Waals surface area contributed by atoms with Crippen molar-refractivity contribution in [3.63, 3.8) is 0 Å². The molecular weight excluding hydrogens is 444 g/mol. The Balaban J connectivity index is 1.34. The van der Waals surface area contributed by atoms with Crippen molar-refractivity contribution in [1.29, 1.82) is 0 Å². The molecule has 8 nitrogen and oxygen atoms in total. The van der Waals surface area contributed by atoms with Crippen LogP contribution in [0, 0.1) is 24.2 Å². The van der Waals surface area contributed by atoms with E-state index < -0.39 is 12.1 Å². The van der Waals surface area contributed by atoms with Gasteiger partial charge in [0, 0.05) is 30.2 Å². The molecule has 180 valence electrons. The molecule has 4 atom stereocenters. The van der Waals surface area contributed by atoms with Gasteiger partial charge in [-0.15, -0.1) is 6.42 Å². The van der Waals surface area contributed by atoms with E-state index in [9.17, 15) is 9.59 Å². The van der Waals surface area contributed by atoms with Gasteiger partial charge in [0.2, 0.25) is 5.91 Å². The van der Waals surface area contributed by atoms with Gasteiger partial charge in [-0.05, 0) is 61.1 Å². The van der Waals surface area contributed by atoms with E-state index in [1.807, 2.05) is 35.2 Å². The van der Waals surface area contributed by atoms with Gasteiger partial charge in [-0.2, -0.15) is 0 Å². The molecule has 2 saturated heterocycles. The van der Waals surface area contributed by atoms with Gasteiger partial charge in [0.05, 0.1) is 24.2 Å². The van der Waals surface area contributed by atoms with Crippen LogP contribution in [0.5, 0.6) is 0 Å². The second-order valence-corrected chi connectivity index (χ2v) is 9.79. The van der Waals surface area contributed by atoms with E-state index >= 15 is 0 Å². The normalized spacial score (nSPS) is 24.7. The topological polar surface area (TPSA) is 96.6 Å². The number of aromatic nitrogens is 2. The molecule has 3 fully saturated rings. The van der Waals surface area contributed by atoms with Gasteiger partial charge in [0.1, 0.15) is 11.9 Å². The minimum atomic E-state index is -0.638. The number of terminal acetylenes is 1. The fraction of sp³-hybridized carbons (Fsp3) is 0.444. The zero-order chi connectivity index (χ0) is 24.1. The summed E-state index contributed by atoms with van der Waals surface area (Å²) >= 11 is 0. The van der Waals surface area contributed by atoms with Crippen molar-refractivity contribution in [1.82, 2.24) is 20.2 Å². The van der Waals surface area contributed by atoms with Crippen molar-refractivity contribution < 1.29 is 19.1 Å². The SMILES string of the molecule is C#Cc1ccc2c(ccc3nc([C@@H]4CC5CC5N4C(=O)[C@@H](NC(=O)OC)C4CCOCC4)[nH]c32)c1. The molecule has 2 N–H and O–H groups in total. The number of benzene rings is 2. The summed E-state index contributed by atoms with van der Waals surface area (Å²) in [6.07, 6.45) is 8.30. The summed E-state index contributed by atoms with van der Waals surface area (Å²) in [6, 6.07) is 9.36. The number of carbonyl (C=O) groups is 2. The lowest BCUT2D eigenvalue weighted by molar-refractivity contribution is -0.138. The zero-order valence-corrected chi connectivity index (χ0v) is 19.6. The summed E-state index contributed by atoms with van der Waals surface area (Å²) in [5.74, 6) is 3.90. The number of nitrogens with one attached hydrogen (secondary N) is 2. The fourth-order valence-electron chi connectivity index (χ4n) is 5.87. The minimum absolute atomic E-state index is 0.0127. The Bertz CT molecular complexity index is 1350. The summed E-state index contributed by atoms with van der Waals surface area (Å²) in [4.78, 5) is 36.5. The van der Waals surface area contributed by atoms with E-state index in [2.05, 4.69) is 16.2 Å². The minimum Gasteiger partial charge on any atom is -0.453 e. The first kappa shape index (κ1) is 21.9. The number of ether oxygens (including phenoxy) is 2. The number of aromatic amines is 1. The quantitative estimate of drug-likeness (QED) is 0.567. The Morgan fingerprint density at radius 3 is 2.86 bits per heavy atom. The number of hydrogen-bond donors (Lipinski definition) is 2. The average Bonchev–Trinajstić information content (AvgIpc) is 3.34. The van der Waals surface area contributed by atoms with Crippen molar-refractivity contribution in [3.8, 4) is 12.3 Å². The molecule has 1 saturated carbocycles. The summed E-state index contributed by atoms with van der Waals surface area (Å²) in [7, 11) is 1.32. The van der Waals surface area contributed by atoms with Crippen LogP contribution in [0.15, 0.2) is 30.3 Å². The van der Waals surface area contributed by atoms with E-state index in [0.717, 1.165) is 58.9 Å². The lowest BCUT2D eigenvalue weighted by Gasteiger charge is -2.35. The number of imidazole rings is 1. The smallest absolute Gasteiger partial charge is 0.407 e. The van der Waals surface area contributed by atoms with Gasteiger partial charge in [-0.1, -0.05) is 18.1 Å². The van der Waals surface area contributed by atoms with Gasteiger partial charge in [-0.3, -0.25) is 4.79 Å². The number of rotatable bonds is 4. The van der Waals surface area contributed by atoms with Gasteiger partial charge in [0.25, 0.3) is 0 Å². The molecule has 3 aromatic rings. The predicted molar refractivity (Wildman–Crippen MR) is 131 cm³/mol. The number of nitrogens with zero attached hydrogens (tertiary/aromatic N) is 2. The van der Waals surface area contributed by atoms with Crippen molar-refractivity contribution in [2.24, 2.45) is 11.8 Å². The Morgan fingerprint density at radius 1 is 1.26 bits per heavy atom. The second kappa shape index (κ2) is 8.58. The van der Waals surface area contributed by atoms with Crippen LogP contribution in [0.3, 0.4) is 0 Å². The van der Waals surface area contributed by atoms with Crippen LogP contribution in [0.4, 0.5) is 4.79 Å². The highest BCUT2D eigenvalue weighted by Crippen LogP contribution is 2.53. The summed E-state index contributed by atoms with van der Waals surface area (Å²) < 4.78 is 10.3. The van der Waals surface area contributed by atoms with Gasteiger partial charge in [-0.25, -0.2) is 9.78 Å². The molecule has 1 aliphatic carbocycles. The Morgan fingerprint density at radius 2 is 2.09 bits per heavy atom. The molecule has 3 aliphatic rings. The maximum Gasteiger partial charge on any atom is 0.407 e. The van der Waals surface area contributed by atoms with E-state index in [1.165, 1.54) is 7.11 Å². The monoisotopic (exact) mass is 472 g/mol. The third kappa shape index (κ3) is 3.80. The van der Waals surface area contributed by atoms with E-state index in [4.69, 9.17) is 20.9 Å². The molecule has 8 heteroatoms. The molecule has 0 spiro atoms. The highest BCUT2D eigenvalue weighted by Gasteiger charge is 2.56. The summed E-state index contributed by atoms with van der Waals surface area (Å²) in [5, 5.41) is 4.93. The van der Waals surface area contributed by atoms with Crippen LogP contribution in [-0.4, -0.2) is 59.3 Å². The predicted octanol–water partition coefficient (Wildman–Crippen LogP) is 3.51. The van der Waals surface area contributed by atoms with Gasteiger partial charge in [0.15, 0.2) is 0 Å². The molecule has 0 bridgehead atoms. The molecule has 1 aromatic heterocycles. The number of carbonyl (C=O) groups excluding carboxylic acids is 2. The maximum absolute atomic E-state index is 14.0. The van der Waals surface area contributed by atoms with E-state index in [1.54, 1.807) is 0 Å². The Hall–Kier alpha value is -3.57. The van der Waals surface area contributed by atoms with Crippen molar-refractivity contribution in [2.75, 3.05) is 20.3 Å².